The molecule has 10 heteroatoms. The third-order valence-electron chi connectivity index (χ3n) is 3.39. The van der Waals surface area contributed by atoms with Crippen LogP contribution in [0.1, 0.15) is 6.42 Å². The van der Waals surface area contributed by atoms with Crippen molar-refractivity contribution in [2.75, 3.05) is 32.4 Å². The summed E-state index contributed by atoms with van der Waals surface area (Å²) in [6.07, 6.45) is 1.33. The monoisotopic (exact) mass is 354 g/mol. The maximum Gasteiger partial charge on any atom is 0.246 e. The number of sulfonamides is 2. The maximum atomic E-state index is 13.7. The number of rotatable bonds is 3. The Hall–Kier alpha value is -1.10. The van der Waals surface area contributed by atoms with E-state index >= 15 is 0 Å². The van der Waals surface area contributed by atoms with Crippen LogP contribution < -0.4 is 0 Å². The Morgan fingerprint density at radius 2 is 1.55 bits per heavy atom. The van der Waals surface area contributed by atoms with Crippen LogP contribution in [0.2, 0.25) is 0 Å². The van der Waals surface area contributed by atoms with Gasteiger partial charge in [0.1, 0.15) is 16.5 Å². The van der Waals surface area contributed by atoms with E-state index in [4.69, 9.17) is 0 Å². The fraction of sp³-hybridized carbons (Fsp3) is 0.500. The summed E-state index contributed by atoms with van der Waals surface area (Å²) < 4.78 is 76.9. The van der Waals surface area contributed by atoms with Gasteiger partial charge in [-0.05, 0) is 24.6 Å². The van der Waals surface area contributed by atoms with Gasteiger partial charge < -0.3 is 0 Å². The molecule has 0 N–H and O–H groups in total. The summed E-state index contributed by atoms with van der Waals surface area (Å²) >= 11 is 0. The van der Waals surface area contributed by atoms with Crippen LogP contribution in [0.15, 0.2) is 23.1 Å². The van der Waals surface area contributed by atoms with E-state index < -0.39 is 36.6 Å². The summed E-state index contributed by atoms with van der Waals surface area (Å²) in [5.41, 5.74) is 0. The van der Waals surface area contributed by atoms with Crippen LogP contribution >= 0.6 is 0 Å². The van der Waals surface area contributed by atoms with Crippen molar-refractivity contribution >= 4 is 20.0 Å². The molecule has 0 radical (unpaired) electrons. The molecular formula is C12H16F2N2O4S2. The van der Waals surface area contributed by atoms with Crippen LogP contribution in [0, 0.1) is 11.6 Å². The van der Waals surface area contributed by atoms with Gasteiger partial charge in [-0.25, -0.2) is 29.9 Å². The van der Waals surface area contributed by atoms with Gasteiger partial charge in [0.15, 0.2) is 0 Å². The Kier molecular flexibility index (Phi) is 4.85. The summed E-state index contributed by atoms with van der Waals surface area (Å²) in [4.78, 5) is -0.736. The first-order valence-electron chi connectivity index (χ1n) is 6.53. The lowest BCUT2D eigenvalue weighted by Crippen LogP contribution is -2.37. The van der Waals surface area contributed by atoms with Crippen LogP contribution in [-0.2, 0) is 20.0 Å². The Bertz CT molecular complexity index is 765. The summed E-state index contributed by atoms with van der Waals surface area (Å²) in [5.74, 6) is -1.89. The third-order valence-corrected chi connectivity index (χ3v) is 6.61. The third kappa shape index (κ3) is 3.62. The highest BCUT2D eigenvalue weighted by molar-refractivity contribution is 7.89. The normalized spacial score (nSPS) is 19.0. The number of hydrogen-bond acceptors (Lipinski definition) is 4. The molecule has 0 aliphatic carbocycles. The molecule has 1 heterocycles. The van der Waals surface area contributed by atoms with Gasteiger partial charge in [-0.15, -0.1) is 0 Å². The van der Waals surface area contributed by atoms with Crippen LogP contribution in [0.4, 0.5) is 8.78 Å². The zero-order chi connectivity index (χ0) is 16.5. The standard InChI is InChI=1S/C12H16F2N2O4S2/c1-21(17,18)15-5-2-6-16(8-7-15)22(19,20)12-9-10(13)3-4-11(12)14/h3-4,9H,2,5-8H2,1H3. The minimum atomic E-state index is -4.21. The lowest BCUT2D eigenvalue weighted by atomic mass is 10.3. The summed E-state index contributed by atoms with van der Waals surface area (Å²) in [5, 5.41) is 0. The summed E-state index contributed by atoms with van der Waals surface area (Å²) in [6.45, 7) is 0.112. The quantitative estimate of drug-likeness (QED) is 0.798. The molecule has 1 saturated heterocycles. The molecule has 1 aliphatic heterocycles. The lowest BCUT2D eigenvalue weighted by molar-refractivity contribution is 0.404. The molecule has 1 aliphatic rings. The van der Waals surface area contributed by atoms with Gasteiger partial charge in [-0.3, -0.25) is 0 Å². The Morgan fingerprint density at radius 3 is 2.18 bits per heavy atom. The van der Waals surface area contributed by atoms with Gasteiger partial charge in [-0.1, -0.05) is 0 Å². The van der Waals surface area contributed by atoms with E-state index in [1.165, 1.54) is 4.31 Å². The second-order valence-corrected chi connectivity index (χ2v) is 8.88. The smallest absolute Gasteiger partial charge is 0.213 e. The van der Waals surface area contributed by atoms with Gasteiger partial charge in [0.2, 0.25) is 20.0 Å². The molecule has 0 unspecified atom stereocenters. The molecule has 0 saturated carbocycles. The average molecular weight is 354 g/mol. The molecule has 124 valence electrons. The predicted octanol–water partition coefficient (Wildman–Crippen LogP) is 0.621. The predicted molar refractivity (Wildman–Crippen MR) is 76.2 cm³/mol. The highest BCUT2D eigenvalue weighted by atomic mass is 32.2. The fourth-order valence-corrected chi connectivity index (χ4v) is 4.68. The van der Waals surface area contributed by atoms with Gasteiger partial charge in [0.25, 0.3) is 0 Å². The first-order valence-corrected chi connectivity index (χ1v) is 9.81. The van der Waals surface area contributed by atoms with Gasteiger partial charge >= 0.3 is 0 Å². The van der Waals surface area contributed by atoms with E-state index in [0.29, 0.717) is 6.07 Å². The average Bonchev–Trinajstić information content (AvgIpc) is 2.67. The molecule has 22 heavy (non-hydrogen) atoms. The van der Waals surface area contributed by atoms with Crippen molar-refractivity contribution in [2.45, 2.75) is 11.3 Å². The van der Waals surface area contributed by atoms with Crippen molar-refractivity contribution in [2.24, 2.45) is 0 Å². The largest absolute Gasteiger partial charge is 0.246 e. The summed E-state index contributed by atoms with van der Waals surface area (Å²) in [6, 6.07) is 2.22. The Labute approximate surface area is 128 Å². The van der Waals surface area contributed by atoms with E-state index in [1.54, 1.807) is 0 Å². The molecule has 1 aromatic carbocycles. The Morgan fingerprint density at radius 1 is 0.955 bits per heavy atom. The van der Waals surface area contributed by atoms with Crippen molar-refractivity contribution in [3.05, 3.63) is 29.8 Å². The minimum Gasteiger partial charge on any atom is -0.213 e. The molecule has 1 fully saturated rings. The van der Waals surface area contributed by atoms with Gasteiger partial charge in [-0.2, -0.15) is 4.31 Å². The molecule has 1 aromatic rings. The van der Waals surface area contributed by atoms with E-state index in [9.17, 15) is 25.6 Å². The van der Waals surface area contributed by atoms with Crippen LogP contribution in [-0.4, -0.2) is 57.9 Å². The van der Waals surface area contributed by atoms with E-state index in [1.807, 2.05) is 0 Å². The molecule has 2 rings (SSSR count). The van der Waals surface area contributed by atoms with Crippen molar-refractivity contribution in [3.8, 4) is 0 Å². The maximum absolute atomic E-state index is 13.7. The van der Waals surface area contributed by atoms with Crippen LogP contribution in [0.25, 0.3) is 0 Å². The highest BCUT2D eigenvalue weighted by Crippen LogP contribution is 2.22. The zero-order valence-corrected chi connectivity index (χ0v) is 13.5. The molecule has 6 nitrogen and oxygen atoms in total. The van der Waals surface area contributed by atoms with Crippen LogP contribution in [0.3, 0.4) is 0 Å². The molecule has 0 aromatic heterocycles. The Balaban J connectivity index is 2.29. The minimum absolute atomic E-state index is 0.0189. The van der Waals surface area contributed by atoms with Crippen molar-refractivity contribution in [3.63, 3.8) is 0 Å². The lowest BCUT2D eigenvalue weighted by Gasteiger charge is -2.21. The number of halogens is 2. The van der Waals surface area contributed by atoms with Gasteiger partial charge in [0, 0.05) is 26.2 Å². The van der Waals surface area contributed by atoms with Crippen molar-refractivity contribution in [1.29, 1.82) is 0 Å². The highest BCUT2D eigenvalue weighted by Gasteiger charge is 2.31. The zero-order valence-electron chi connectivity index (χ0n) is 11.9. The van der Waals surface area contributed by atoms with E-state index in [2.05, 4.69) is 0 Å². The first kappa shape index (κ1) is 17.3. The number of hydrogen-bond donors (Lipinski definition) is 0. The van der Waals surface area contributed by atoms with Gasteiger partial charge in [0.05, 0.1) is 6.26 Å². The fourth-order valence-electron chi connectivity index (χ4n) is 2.26. The molecular weight excluding hydrogens is 338 g/mol. The van der Waals surface area contributed by atoms with E-state index in [0.717, 1.165) is 22.7 Å². The molecule has 0 bridgehead atoms. The topological polar surface area (TPSA) is 74.8 Å². The van der Waals surface area contributed by atoms with Crippen LogP contribution in [0.5, 0.6) is 0 Å². The first-order chi connectivity index (χ1) is 10.1. The van der Waals surface area contributed by atoms with E-state index in [-0.39, 0.29) is 32.6 Å². The molecule has 0 spiro atoms. The second-order valence-electron chi connectivity index (χ2n) is 4.99. The molecule has 0 amide bonds. The van der Waals surface area contributed by atoms with Crippen molar-refractivity contribution < 1.29 is 25.6 Å². The summed E-state index contributed by atoms with van der Waals surface area (Å²) in [7, 11) is -7.63. The SMILES string of the molecule is CS(=O)(=O)N1CCCN(S(=O)(=O)c2cc(F)ccc2F)CC1. The van der Waals surface area contributed by atoms with Crippen molar-refractivity contribution in [1.82, 2.24) is 8.61 Å². The number of benzene rings is 1. The number of nitrogens with zero attached hydrogens (tertiary/aromatic N) is 2. The molecule has 0 atom stereocenters. The second kappa shape index (κ2) is 6.19.